The van der Waals surface area contributed by atoms with Crippen molar-refractivity contribution in [1.29, 1.82) is 0 Å². The van der Waals surface area contributed by atoms with Gasteiger partial charge in [-0.2, -0.15) is 5.10 Å². The minimum Gasteiger partial charge on any atom is -0.382 e. The average molecular weight is 203 g/mol. The molecule has 2 heterocycles. The highest BCUT2D eigenvalue weighted by molar-refractivity contribution is 5.25. The van der Waals surface area contributed by atoms with Gasteiger partial charge in [-0.15, -0.1) is 0 Å². The molecule has 15 heavy (non-hydrogen) atoms. The molecule has 0 aliphatic rings. The highest BCUT2D eigenvalue weighted by Gasteiger charge is 2.13. The summed E-state index contributed by atoms with van der Waals surface area (Å²) in [6.45, 7) is 1.90. The van der Waals surface area contributed by atoms with Crippen LogP contribution in [0.2, 0.25) is 0 Å². The molecule has 0 saturated carbocycles. The standard InChI is InChI=1S/C11H13N3O/c1-8-7-9(3-5-12-8)11(15)10-4-6-13-14(10)2/h3-7,11,15H,1-2H3. The molecule has 0 fully saturated rings. The molecule has 0 saturated heterocycles. The maximum absolute atomic E-state index is 10.1. The summed E-state index contributed by atoms with van der Waals surface area (Å²) in [7, 11) is 1.81. The van der Waals surface area contributed by atoms with Crippen LogP contribution in [0.25, 0.3) is 0 Å². The maximum atomic E-state index is 10.1. The predicted octanol–water partition coefficient (Wildman–Crippen LogP) is 1.21. The maximum Gasteiger partial charge on any atom is 0.121 e. The molecule has 0 radical (unpaired) electrons. The fraction of sp³-hybridized carbons (Fsp3) is 0.273. The molecule has 1 atom stereocenters. The van der Waals surface area contributed by atoms with Gasteiger partial charge in [-0.25, -0.2) is 0 Å². The molecule has 1 N–H and O–H groups in total. The van der Waals surface area contributed by atoms with Gasteiger partial charge in [0.05, 0.1) is 5.69 Å². The van der Waals surface area contributed by atoms with Gasteiger partial charge < -0.3 is 5.11 Å². The van der Waals surface area contributed by atoms with E-state index in [2.05, 4.69) is 10.1 Å². The first kappa shape index (κ1) is 9.86. The third-order valence-electron chi connectivity index (χ3n) is 2.38. The minimum atomic E-state index is -0.640. The first-order valence-electron chi connectivity index (χ1n) is 4.77. The van der Waals surface area contributed by atoms with Crippen molar-refractivity contribution in [2.24, 2.45) is 7.05 Å². The summed E-state index contributed by atoms with van der Waals surface area (Å²) in [4.78, 5) is 4.09. The molecule has 2 aromatic rings. The highest BCUT2D eigenvalue weighted by atomic mass is 16.3. The third-order valence-corrected chi connectivity index (χ3v) is 2.38. The van der Waals surface area contributed by atoms with E-state index >= 15 is 0 Å². The van der Waals surface area contributed by atoms with Crippen molar-refractivity contribution in [3.05, 3.63) is 47.5 Å². The quantitative estimate of drug-likeness (QED) is 0.798. The average Bonchev–Trinajstić information content (AvgIpc) is 2.63. The zero-order chi connectivity index (χ0) is 10.8. The van der Waals surface area contributed by atoms with Crippen LogP contribution in [0, 0.1) is 6.92 Å². The first-order chi connectivity index (χ1) is 7.18. The minimum absolute atomic E-state index is 0.640. The smallest absolute Gasteiger partial charge is 0.121 e. The molecule has 0 aromatic carbocycles. The molecule has 0 bridgehead atoms. The van der Waals surface area contributed by atoms with E-state index in [4.69, 9.17) is 0 Å². The molecule has 4 heteroatoms. The molecule has 4 nitrogen and oxygen atoms in total. The topological polar surface area (TPSA) is 50.9 Å². The van der Waals surface area contributed by atoms with E-state index in [9.17, 15) is 5.11 Å². The Morgan fingerprint density at radius 3 is 2.73 bits per heavy atom. The fourth-order valence-corrected chi connectivity index (χ4v) is 1.56. The number of pyridine rings is 1. The number of aliphatic hydroxyl groups is 1. The molecule has 0 spiro atoms. The number of rotatable bonds is 2. The SMILES string of the molecule is Cc1cc(C(O)c2ccnn2C)ccn1. The summed E-state index contributed by atoms with van der Waals surface area (Å²) >= 11 is 0. The van der Waals surface area contributed by atoms with E-state index in [1.165, 1.54) is 0 Å². The monoisotopic (exact) mass is 203 g/mol. The second-order valence-corrected chi connectivity index (χ2v) is 3.51. The fourth-order valence-electron chi connectivity index (χ4n) is 1.56. The second kappa shape index (κ2) is 3.82. The molecular weight excluding hydrogens is 190 g/mol. The van der Waals surface area contributed by atoms with Gasteiger partial charge in [-0.1, -0.05) is 0 Å². The van der Waals surface area contributed by atoms with Crippen LogP contribution in [-0.4, -0.2) is 19.9 Å². The largest absolute Gasteiger partial charge is 0.382 e. The second-order valence-electron chi connectivity index (χ2n) is 3.51. The molecule has 0 aliphatic carbocycles. The van der Waals surface area contributed by atoms with E-state index in [0.29, 0.717) is 0 Å². The van der Waals surface area contributed by atoms with Crippen LogP contribution in [0.1, 0.15) is 23.1 Å². The normalized spacial score (nSPS) is 12.7. The zero-order valence-corrected chi connectivity index (χ0v) is 8.75. The summed E-state index contributed by atoms with van der Waals surface area (Å²) in [5.74, 6) is 0. The molecule has 1 unspecified atom stereocenters. The van der Waals surface area contributed by atoms with Gasteiger partial charge in [-0.05, 0) is 30.7 Å². The Morgan fingerprint density at radius 2 is 2.13 bits per heavy atom. The Balaban J connectivity index is 2.36. The van der Waals surface area contributed by atoms with E-state index in [1.54, 1.807) is 23.1 Å². The van der Waals surface area contributed by atoms with Gasteiger partial charge in [0.2, 0.25) is 0 Å². The van der Waals surface area contributed by atoms with Crippen molar-refractivity contribution >= 4 is 0 Å². The summed E-state index contributed by atoms with van der Waals surface area (Å²) in [5, 5.41) is 14.1. The Hall–Kier alpha value is -1.68. The number of nitrogens with zero attached hydrogens (tertiary/aromatic N) is 3. The van der Waals surface area contributed by atoms with Crippen molar-refractivity contribution in [1.82, 2.24) is 14.8 Å². The van der Waals surface area contributed by atoms with E-state index in [0.717, 1.165) is 17.0 Å². The highest BCUT2D eigenvalue weighted by Crippen LogP contribution is 2.20. The first-order valence-corrected chi connectivity index (χ1v) is 4.77. The van der Waals surface area contributed by atoms with Gasteiger partial charge >= 0.3 is 0 Å². The molecule has 2 aromatic heterocycles. The summed E-state index contributed by atoms with van der Waals surface area (Å²) < 4.78 is 1.67. The number of aromatic nitrogens is 3. The van der Waals surface area contributed by atoms with Gasteiger partial charge in [0.1, 0.15) is 6.10 Å². The lowest BCUT2D eigenvalue weighted by molar-refractivity contribution is 0.209. The number of hydrogen-bond acceptors (Lipinski definition) is 3. The van der Waals surface area contributed by atoms with Crippen LogP contribution in [-0.2, 0) is 7.05 Å². The number of aryl methyl sites for hydroxylation is 2. The molecule has 2 rings (SSSR count). The van der Waals surface area contributed by atoms with Gasteiger partial charge in [0.25, 0.3) is 0 Å². The van der Waals surface area contributed by atoms with Crippen molar-refractivity contribution < 1.29 is 5.11 Å². The predicted molar refractivity (Wildman–Crippen MR) is 56.2 cm³/mol. The Labute approximate surface area is 88.2 Å². The lowest BCUT2D eigenvalue weighted by atomic mass is 10.1. The van der Waals surface area contributed by atoms with Crippen LogP contribution in [0.3, 0.4) is 0 Å². The summed E-state index contributed by atoms with van der Waals surface area (Å²) in [5.41, 5.74) is 2.51. The van der Waals surface area contributed by atoms with E-state index in [1.807, 2.05) is 26.1 Å². The van der Waals surface area contributed by atoms with Crippen LogP contribution >= 0.6 is 0 Å². The van der Waals surface area contributed by atoms with Crippen molar-refractivity contribution in [2.45, 2.75) is 13.0 Å². The third kappa shape index (κ3) is 1.89. The van der Waals surface area contributed by atoms with Crippen LogP contribution < -0.4 is 0 Å². The summed E-state index contributed by atoms with van der Waals surface area (Å²) in [6.07, 6.45) is 2.73. The van der Waals surface area contributed by atoms with Crippen LogP contribution in [0.4, 0.5) is 0 Å². The summed E-state index contributed by atoms with van der Waals surface area (Å²) in [6, 6.07) is 5.49. The number of aliphatic hydroxyl groups excluding tert-OH is 1. The zero-order valence-electron chi connectivity index (χ0n) is 8.75. The number of hydrogen-bond donors (Lipinski definition) is 1. The Morgan fingerprint density at radius 1 is 1.33 bits per heavy atom. The van der Waals surface area contributed by atoms with Gasteiger partial charge in [-0.3, -0.25) is 9.67 Å². The van der Waals surface area contributed by atoms with Crippen molar-refractivity contribution in [2.75, 3.05) is 0 Å². The van der Waals surface area contributed by atoms with E-state index < -0.39 is 6.10 Å². The van der Waals surface area contributed by atoms with Crippen LogP contribution in [0.15, 0.2) is 30.6 Å². The molecule has 0 aliphatic heterocycles. The Bertz CT molecular complexity index is 464. The van der Waals surface area contributed by atoms with Gasteiger partial charge in [0, 0.05) is 25.1 Å². The van der Waals surface area contributed by atoms with Gasteiger partial charge in [0.15, 0.2) is 0 Å². The lowest BCUT2D eigenvalue weighted by Crippen LogP contribution is -2.06. The molecular formula is C11H13N3O. The van der Waals surface area contributed by atoms with Crippen LogP contribution in [0.5, 0.6) is 0 Å². The molecule has 0 amide bonds. The van der Waals surface area contributed by atoms with E-state index in [-0.39, 0.29) is 0 Å². The lowest BCUT2D eigenvalue weighted by Gasteiger charge is -2.11. The Kier molecular flexibility index (Phi) is 2.51. The van der Waals surface area contributed by atoms with Crippen molar-refractivity contribution in [3.63, 3.8) is 0 Å². The van der Waals surface area contributed by atoms with Crippen molar-refractivity contribution in [3.8, 4) is 0 Å². The molecule has 78 valence electrons.